The maximum Gasteiger partial charge on any atom is 1.00 e. The van der Waals surface area contributed by atoms with Crippen molar-refractivity contribution in [1.29, 1.82) is 0 Å². The Morgan fingerprint density at radius 3 is 2.00 bits per heavy atom. The molecule has 0 radical (unpaired) electrons. The van der Waals surface area contributed by atoms with E-state index in [1.54, 1.807) is 13.8 Å². The molecule has 0 aliphatic carbocycles. The molecule has 5 heteroatoms. The zero-order chi connectivity index (χ0) is 9.72. The predicted octanol–water partition coefficient (Wildman–Crippen LogP) is -2.51. The molecule has 0 atom stereocenters. The van der Waals surface area contributed by atoms with E-state index in [9.17, 15) is 14.4 Å². The number of ether oxygens (including phenoxy) is 1. The molecule has 0 saturated carbocycles. The number of rotatable bonds is 4. The third kappa shape index (κ3) is 8.15. The van der Waals surface area contributed by atoms with Gasteiger partial charge in [0.2, 0.25) is 5.78 Å². The maximum absolute atomic E-state index is 10.8. The summed E-state index contributed by atoms with van der Waals surface area (Å²) in [5.41, 5.74) is 0. The summed E-state index contributed by atoms with van der Waals surface area (Å²) in [5.74, 6) is -2.04. The van der Waals surface area contributed by atoms with Crippen LogP contribution in [0.25, 0.3) is 0 Å². The van der Waals surface area contributed by atoms with Crippen molar-refractivity contribution in [3.8, 4) is 0 Å². The number of Topliss-reactive ketones (excluding diaryl/α,β-unsaturated/α-hetero) is 2. The van der Waals surface area contributed by atoms with Gasteiger partial charge < -0.3 is 4.74 Å². The van der Waals surface area contributed by atoms with Crippen LogP contribution in [0.3, 0.4) is 0 Å². The molecule has 13 heavy (non-hydrogen) atoms. The first-order valence-corrected chi connectivity index (χ1v) is 3.66. The van der Waals surface area contributed by atoms with E-state index in [2.05, 4.69) is 4.74 Å². The second kappa shape index (κ2) is 7.24. The number of hydrogen-bond donors (Lipinski definition) is 0. The van der Waals surface area contributed by atoms with Crippen LogP contribution in [-0.4, -0.2) is 23.6 Å². The van der Waals surface area contributed by atoms with Crippen LogP contribution in [0.5, 0.6) is 0 Å². The quantitative estimate of drug-likeness (QED) is 0.215. The van der Waals surface area contributed by atoms with Gasteiger partial charge in [-0.25, -0.2) is 4.79 Å². The van der Waals surface area contributed by atoms with Crippen LogP contribution in [0.15, 0.2) is 0 Å². The summed E-state index contributed by atoms with van der Waals surface area (Å²) in [6.07, 6.45) is -0.695. The SMILES string of the molecule is CC(=O)CC(=O)C(=O)OC(C)C.[Na+]. The molecule has 0 aromatic heterocycles. The van der Waals surface area contributed by atoms with Crippen molar-refractivity contribution in [3.63, 3.8) is 0 Å². The molecule has 0 aromatic rings. The summed E-state index contributed by atoms with van der Waals surface area (Å²) in [6.45, 7) is 4.53. The fourth-order valence-corrected chi connectivity index (χ4v) is 0.578. The summed E-state index contributed by atoms with van der Waals surface area (Å²) in [7, 11) is 0. The minimum absolute atomic E-state index is 0. The Balaban J connectivity index is 0. The van der Waals surface area contributed by atoms with Gasteiger partial charge >= 0.3 is 35.5 Å². The standard InChI is InChI=1S/C8H12O4.Na/c1-5(2)12-8(11)7(10)4-6(3)9;/h5H,4H2,1-3H3;/q;+1. The zero-order valence-electron chi connectivity index (χ0n) is 8.42. The molecule has 68 valence electrons. The van der Waals surface area contributed by atoms with E-state index in [1.165, 1.54) is 6.92 Å². The summed E-state index contributed by atoms with van der Waals surface area (Å²) in [5, 5.41) is 0. The van der Waals surface area contributed by atoms with Crippen LogP contribution >= 0.6 is 0 Å². The van der Waals surface area contributed by atoms with Gasteiger partial charge in [0, 0.05) is 0 Å². The van der Waals surface area contributed by atoms with Gasteiger partial charge in [-0.15, -0.1) is 0 Å². The van der Waals surface area contributed by atoms with Crippen LogP contribution in [-0.2, 0) is 19.1 Å². The van der Waals surface area contributed by atoms with Crippen LogP contribution in [0.2, 0.25) is 0 Å². The Morgan fingerprint density at radius 2 is 1.69 bits per heavy atom. The largest absolute Gasteiger partial charge is 1.00 e. The van der Waals surface area contributed by atoms with Crippen molar-refractivity contribution >= 4 is 17.5 Å². The summed E-state index contributed by atoms with van der Waals surface area (Å²) in [4.78, 5) is 32.0. The van der Waals surface area contributed by atoms with E-state index < -0.39 is 11.8 Å². The van der Waals surface area contributed by atoms with Gasteiger partial charge in [0.05, 0.1) is 12.5 Å². The number of ketones is 2. The molecule has 0 fully saturated rings. The fraction of sp³-hybridized carbons (Fsp3) is 0.625. The van der Waals surface area contributed by atoms with E-state index in [1.807, 2.05) is 0 Å². The monoisotopic (exact) mass is 195 g/mol. The molecule has 0 amide bonds. The molecule has 0 bridgehead atoms. The van der Waals surface area contributed by atoms with Crippen LogP contribution < -0.4 is 29.6 Å². The van der Waals surface area contributed by atoms with Crippen molar-refractivity contribution in [2.45, 2.75) is 33.3 Å². The summed E-state index contributed by atoms with van der Waals surface area (Å²) >= 11 is 0. The Bertz CT molecular complexity index is 210. The van der Waals surface area contributed by atoms with E-state index in [-0.39, 0.29) is 47.9 Å². The van der Waals surface area contributed by atoms with E-state index in [0.717, 1.165) is 0 Å². The molecule has 0 aromatic carbocycles. The molecule has 0 aliphatic heterocycles. The molecular weight excluding hydrogens is 183 g/mol. The average Bonchev–Trinajstić information content (AvgIpc) is 1.84. The Hall–Kier alpha value is -0.190. The van der Waals surface area contributed by atoms with Crippen LogP contribution in [0.4, 0.5) is 0 Å². The average molecular weight is 195 g/mol. The number of esters is 1. The van der Waals surface area contributed by atoms with E-state index in [0.29, 0.717) is 0 Å². The van der Waals surface area contributed by atoms with E-state index >= 15 is 0 Å². The van der Waals surface area contributed by atoms with Gasteiger partial charge in [0.15, 0.2) is 0 Å². The van der Waals surface area contributed by atoms with Crippen molar-refractivity contribution < 1.29 is 48.7 Å². The van der Waals surface area contributed by atoms with Gasteiger partial charge in [0.25, 0.3) is 0 Å². The first kappa shape index (κ1) is 15.3. The molecule has 0 spiro atoms. The summed E-state index contributed by atoms with van der Waals surface area (Å²) < 4.78 is 4.57. The third-order valence-electron chi connectivity index (χ3n) is 0.980. The van der Waals surface area contributed by atoms with Gasteiger partial charge in [-0.3, -0.25) is 9.59 Å². The number of carbonyl (C=O) groups is 3. The normalized spacial score (nSPS) is 8.92. The van der Waals surface area contributed by atoms with Gasteiger partial charge in [0.1, 0.15) is 5.78 Å². The van der Waals surface area contributed by atoms with Gasteiger partial charge in [-0.1, -0.05) is 0 Å². The van der Waals surface area contributed by atoms with Crippen molar-refractivity contribution in [2.24, 2.45) is 0 Å². The Kier molecular flexibility index (Phi) is 8.51. The molecule has 0 N–H and O–H groups in total. The minimum Gasteiger partial charge on any atom is -0.457 e. The predicted molar refractivity (Wildman–Crippen MR) is 41.5 cm³/mol. The molecule has 0 heterocycles. The molecular formula is C8H12NaO4+. The molecule has 0 aliphatic rings. The van der Waals surface area contributed by atoms with Crippen molar-refractivity contribution in [1.82, 2.24) is 0 Å². The van der Waals surface area contributed by atoms with Crippen molar-refractivity contribution in [2.75, 3.05) is 0 Å². The zero-order valence-corrected chi connectivity index (χ0v) is 10.4. The Labute approximate surface area is 99.3 Å². The number of hydrogen-bond acceptors (Lipinski definition) is 4. The topological polar surface area (TPSA) is 60.4 Å². The fourth-order valence-electron chi connectivity index (χ4n) is 0.578. The van der Waals surface area contributed by atoms with Crippen LogP contribution in [0.1, 0.15) is 27.2 Å². The summed E-state index contributed by atoms with van der Waals surface area (Å²) in [6, 6.07) is 0. The molecule has 0 unspecified atom stereocenters. The molecule has 4 nitrogen and oxygen atoms in total. The number of carbonyl (C=O) groups excluding carboxylic acids is 3. The molecule has 0 saturated heterocycles. The van der Waals surface area contributed by atoms with Gasteiger partial charge in [-0.05, 0) is 20.8 Å². The minimum atomic E-state index is -0.930. The first-order chi connectivity index (χ1) is 5.43. The Morgan fingerprint density at radius 1 is 1.23 bits per heavy atom. The maximum atomic E-state index is 10.8. The van der Waals surface area contributed by atoms with Crippen LogP contribution in [0, 0.1) is 0 Å². The smallest absolute Gasteiger partial charge is 0.457 e. The van der Waals surface area contributed by atoms with Gasteiger partial charge in [-0.2, -0.15) is 0 Å². The van der Waals surface area contributed by atoms with E-state index in [4.69, 9.17) is 0 Å². The van der Waals surface area contributed by atoms with Crippen molar-refractivity contribution in [3.05, 3.63) is 0 Å². The first-order valence-electron chi connectivity index (χ1n) is 3.66. The second-order valence-corrected chi connectivity index (χ2v) is 2.76. The third-order valence-corrected chi connectivity index (χ3v) is 0.980. The second-order valence-electron chi connectivity index (χ2n) is 2.76. The molecule has 0 rings (SSSR count).